The van der Waals surface area contributed by atoms with Crippen LogP contribution in [0, 0.1) is 0 Å². The van der Waals surface area contributed by atoms with Gasteiger partial charge in [-0.15, -0.1) is 5.10 Å². The molecule has 0 amide bonds. The van der Waals surface area contributed by atoms with Gasteiger partial charge in [-0.1, -0.05) is 0 Å². The van der Waals surface area contributed by atoms with Crippen LogP contribution in [0.25, 0.3) is 11.5 Å². The average molecular weight is 371 g/mol. The minimum absolute atomic E-state index is 0.0613. The third kappa shape index (κ3) is 4.44. The van der Waals surface area contributed by atoms with Gasteiger partial charge in [-0.25, -0.2) is 9.89 Å². The molecule has 0 radical (unpaired) electrons. The third-order valence-corrected chi connectivity index (χ3v) is 4.30. The summed E-state index contributed by atoms with van der Waals surface area (Å²) in [5.74, 6) is -0.829. The van der Waals surface area contributed by atoms with Crippen LogP contribution < -0.4 is 16.8 Å². The fraction of sp³-hybridized carbons (Fsp3) is 0.500. The van der Waals surface area contributed by atoms with Crippen LogP contribution in [0.1, 0.15) is 18.4 Å². The first-order valence-electron chi connectivity index (χ1n) is 8.32. The lowest BCUT2D eigenvalue weighted by molar-refractivity contribution is -0.136. The number of nitrogens with zero attached hydrogens (tertiary/aromatic N) is 2. The van der Waals surface area contributed by atoms with Gasteiger partial charge >= 0.3 is 11.9 Å². The number of aromatic amines is 1. The summed E-state index contributed by atoms with van der Waals surface area (Å²) in [7, 11) is 0. The van der Waals surface area contributed by atoms with Crippen molar-refractivity contribution >= 4 is 5.69 Å². The molecule has 0 spiro atoms. The molecule has 0 saturated carbocycles. The number of alkyl halides is 3. The van der Waals surface area contributed by atoms with Gasteiger partial charge in [0.2, 0.25) is 5.89 Å². The first-order chi connectivity index (χ1) is 12.3. The number of likely N-dealkylation sites (tertiary alicyclic amines) is 1. The van der Waals surface area contributed by atoms with Crippen molar-refractivity contribution in [3.05, 3.63) is 34.3 Å². The van der Waals surface area contributed by atoms with E-state index in [0.29, 0.717) is 13.1 Å². The number of nitrogens with two attached hydrogens (primary N) is 1. The minimum atomic E-state index is -4.50. The normalized spacial score (nSPS) is 18.8. The molecule has 1 fully saturated rings. The monoisotopic (exact) mass is 371 g/mol. The summed E-state index contributed by atoms with van der Waals surface area (Å²) in [6.07, 6.45) is -2.54. The Morgan fingerprint density at radius 2 is 2.23 bits per heavy atom. The van der Waals surface area contributed by atoms with Crippen LogP contribution >= 0.6 is 0 Å². The van der Waals surface area contributed by atoms with Crippen molar-refractivity contribution in [1.82, 2.24) is 15.1 Å². The van der Waals surface area contributed by atoms with E-state index in [2.05, 4.69) is 20.4 Å². The molecular weight excluding hydrogens is 351 g/mol. The molecule has 1 saturated heterocycles. The SMILES string of the molecule is N[C@@H]1CCCN(CCNc2cc(-c3n[nH]c(=O)o3)ccc2C(F)(F)F)C1. The van der Waals surface area contributed by atoms with Gasteiger partial charge in [-0.3, -0.25) is 0 Å². The summed E-state index contributed by atoms with van der Waals surface area (Å²) in [6, 6.07) is 3.56. The van der Waals surface area contributed by atoms with Gasteiger partial charge in [-0.2, -0.15) is 13.2 Å². The zero-order valence-electron chi connectivity index (χ0n) is 14.0. The van der Waals surface area contributed by atoms with Crippen molar-refractivity contribution in [2.45, 2.75) is 25.1 Å². The number of hydrogen-bond acceptors (Lipinski definition) is 6. The number of piperidine rings is 1. The molecular formula is C16H20F3N5O2. The lowest BCUT2D eigenvalue weighted by Crippen LogP contribution is -2.44. The first kappa shape index (κ1) is 18.5. The van der Waals surface area contributed by atoms with Crippen LogP contribution in [0.4, 0.5) is 18.9 Å². The van der Waals surface area contributed by atoms with E-state index in [1.807, 2.05) is 0 Å². The number of halogens is 3. The summed E-state index contributed by atoms with van der Waals surface area (Å²) in [6.45, 7) is 2.56. The summed E-state index contributed by atoms with van der Waals surface area (Å²) in [5, 5.41) is 8.57. The molecule has 0 unspecified atom stereocenters. The van der Waals surface area contributed by atoms with E-state index in [4.69, 9.17) is 10.2 Å². The molecule has 2 heterocycles. The maximum Gasteiger partial charge on any atom is 0.434 e. The van der Waals surface area contributed by atoms with Crippen molar-refractivity contribution < 1.29 is 17.6 Å². The lowest BCUT2D eigenvalue weighted by Gasteiger charge is -2.30. The molecule has 2 aromatic rings. The van der Waals surface area contributed by atoms with Crippen molar-refractivity contribution in [3.63, 3.8) is 0 Å². The molecule has 0 aliphatic carbocycles. The Kier molecular flexibility index (Phi) is 5.33. The smallest absolute Gasteiger partial charge is 0.388 e. The zero-order chi connectivity index (χ0) is 18.7. The van der Waals surface area contributed by atoms with E-state index in [1.165, 1.54) is 12.1 Å². The second kappa shape index (κ2) is 7.50. The maximum atomic E-state index is 13.3. The predicted octanol–water partition coefficient (Wildman–Crippen LogP) is 1.88. The van der Waals surface area contributed by atoms with Gasteiger partial charge in [-0.05, 0) is 37.6 Å². The Balaban J connectivity index is 1.75. The number of anilines is 1. The number of H-pyrrole nitrogens is 1. The standard InChI is InChI=1S/C16H20F3N5O2/c17-16(18,19)12-4-3-10(14-22-23-15(25)26-14)8-13(12)21-5-7-24-6-1-2-11(20)9-24/h3-4,8,11,21H,1-2,5-7,9,20H2,(H,23,25)/t11-/m1/s1. The highest BCUT2D eigenvalue weighted by Gasteiger charge is 2.33. The molecule has 1 aromatic heterocycles. The predicted molar refractivity (Wildman–Crippen MR) is 89.7 cm³/mol. The Bertz CT molecular complexity index is 802. The van der Waals surface area contributed by atoms with Gasteiger partial charge in [0.15, 0.2) is 0 Å². The van der Waals surface area contributed by atoms with Crippen molar-refractivity contribution in [2.75, 3.05) is 31.5 Å². The van der Waals surface area contributed by atoms with Crippen molar-refractivity contribution in [1.29, 1.82) is 0 Å². The maximum absolute atomic E-state index is 13.3. The number of rotatable bonds is 5. The van der Waals surface area contributed by atoms with Crippen LogP contribution in [-0.2, 0) is 6.18 Å². The van der Waals surface area contributed by atoms with E-state index >= 15 is 0 Å². The molecule has 1 aliphatic heterocycles. The van der Waals surface area contributed by atoms with Gasteiger partial charge < -0.3 is 20.4 Å². The summed E-state index contributed by atoms with van der Waals surface area (Å²) < 4.78 is 44.6. The highest BCUT2D eigenvalue weighted by atomic mass is 19.4. The van der Waals surface area contributed by atoms with Gasteiger partial charge in [0.1, 0.15) is 0 Å². The molecule has 142 valence electrons. The lowest BCUT2D eigenvalue weighted by atomic mass is 10.1. The van der Waals surface area contributed by atoms with Crippen LogP contribution in [-0.4, -0.2) is 47.3 Å². The van der Waals surface area contributed by atoms with E-state index in [1.54, 1.807) is 0 Å². The zero-order valence-corrected chi connectivity index (χ0v) is 14.0. The van der Waals surface area contributed by atoms with E-state index in [0.717, 1.165) is 32.0 Å². The Morgan fingerprint density at radius 1 is 1.42 bits per heavy atom. The number of benzene rings is 1. The second-order valence-electron chi connectivity index (χ2n) is 6.31. The number of hydrogen-bond donors (Lipinski definition) is 3. The average Bonchev–Trinajstić information content (AvgIpc) is 3.00. The Labute approximate surface area is 147 Å². The Hall–Kier alpha value is -2.33. The first-order valence-corrected chi connectivity index (χ1v) is 8.32. The van der Waals surface area contributed by atoms with Gasteiger partial charge in [0, 0.05) is 36.9 Å². The van der Waals surface area contributed by atoms with Crippen molar-refractivity contribution in [3.8, 4) is 11.5 Å². The van der Waals surface area contributed by atoms with E-state index < -0.39 is 17.5 Å². The summed E-state index contributed by atoms with van der Waals surface area (Å²) >= 11 is 0. The molecule has 26 heavy (non-hydrogen) atoms. The fourth-order valence-electron chi connectivity index (χ4n) is 3.07. The van der Waals surface area contributed by atoms with E-state index in [9.17, 15) is 18.0 Å². The van der Waals surface area contributed by atoms with Crippen LogP contribution in [0.3, 0.4) is 0 Å². The summed E-state index contributed by atoms with van der Waals surface area (Å²) in [5.41, 5.74) is 5.33. The highest BCUT2D eigenvalue weighted by Crippen LogP contribution is 2.36. The van der Waals surface area contributed by atoms with Gasteiger partial charge in [0.25, 0.3) is 0 Å². The van der Waals surface area contributed by atoms with Crippen LogP contribution in [0.15, 0.2) is 27.4 Å². The molecule has 3 rings (SSSR count). The second-order valence-corrected chi connectivity index (χ2v) is 6.31. The molecule has 1 aromatic carbocycles. The topological polar surface area (TPSA) is 100 Å². The van der Waals surface area contributed by atoms with E-state index in [-0.39, 0.29) is 23.2 Å². The van der Waals surface area contributed by atoms with Crippen molar-refractivity contribution in [2.24, 2.45) is 5.73 Å². The van der Waals surface area contributed by atoms with Crippen LogP contribution in [0.5, 0.6) is 0 Å². The third-order valence-electron chi connectivity index (χ3n) is 4.30. The summed E-state index contributed by atoms with van der Waals surface area (Å²) in [4.78, 5) is 13.2. The molecule has 10 heteroatoms. The highest BCUT2D eigenvalue weighted by molar-refractivity contribution is 5.65. The number of aromatic nitrogens is 2. The fourth-order valence-corrected chi connectivity index (χ4v) is 3.07. The minimum Gasteiger partial charge on any atom is -0.388 e. The molecule has 0 bridgehead atoms. The molecule has 1 atom stereocenters. The number of nitrogens with one attached hydrogen (secondary N) is 2. The van der Waals surface area contributed by atoms with Gasteiger partial charge in [0.05, 0.1) is 5.56 Å². The quantitative estimate of drug-likeness (QED) is 0.742. The molecule has 4 N–H and O–H groups in total. The van der Waals surface area contributed by atoms with Crippen LogP contribution in [0.2, 0.25) is 0 Å². The largest absolute Gasteiger partial charge is 0.434 e. The molecule has 7 nitrogen and oxygen atoms in total. The molecule has 1 aliphatic rings. The Morgan fingerprint density at radius 3 is 2.88 bits per heavy atom.